The van der Waals surface area contributed by atoms with Gasteiger partial charge in [0.2, 0.25) is 0 Å². The van der Waals surface area contributed by atoms with Crippen molar-refractivity contribution in [2.24, 2.45) is 0 Å². The van der Waals surface area contributed by atoms with Crippen molar-refractivity contribution in [3.05, 3.63) is 12.2 Å². The van der Waals surface area contributed by atoms with E-state index in [0.29, 0.717) is 0 Å². The summed E-state index contributed by atoms with van der Waals surface area (Å²) in [4.78, 5) is 0. The van der Waals surface area contributed by atoms with Crippen LogP contribution in [0.25, 0.3) is 0 Å². The predicted molar refractivity (Wildman–Crippen MR) is 61.0 cm³/mol. The number of rotatable bonds is 8. The lowest BCUT2D eigenvalue weighted by atomic mass is 10.1. The molecule has 0 fully saturated rings. The molecule has 0 heterocycles. The SMILES string of the molecule is C/C=C/CCCCCCNC(C)C#N. The van der Waals surface area contributed by atoms with Gasteiger partial charge in [-0.1, -0.05) is 25.0 Å². The zero-order chi connectivity index (χ0) is 10.6. The van der Waals surface area contributed by atoms with Gasteiger partial charge in [0, 0.05) is 0 Å². The Morgan fingerprint density at radius 2 is 2.00 bits per heavy atom. The van der Waals surface area contributed by atoms with E-state index in [9.17, 15) is 0 Å². The fourth-order valence-electron chi connectivity index (χ4n) is 1.27. The molecule has 14 heavy (non-hydrogen) atoms. The predicted octanol–water partition coefficient (Wildman–Crippen LogP) is 3.01. The number of nitriles is 1. The van der Waals surface area contributed by atoms with E-state index in [1.54, 1.807) is 0 Å². The summed E-state index contributed by atoms with van der Waals surface area (Å²) >= 11 is 0. The van der Waals surface area contributed by atoms with E-state index in [1.807, 2.05) is 6.92 Å². The molecule has 1 N–H and O–H groups in total. The normalized spacial score (nSPS) is 12.9. The monoisotopic (exact) mass is 194 g/mol. The quantitative estimate of drug-likeness (QED) is 0.476. The summed E-state index contributed by atoms with van der Waals surface area (Å²) in [6, 6.07) is 2.16. The summed E-state index contributed by atoms with van der Waals surface area (Å²) in [6.07, 6.45) is 10.6. The van der Waals surface area contributed by atoms with Gasteiger partial charge in [0.25, 0.3) is 0 Å². The van der Waals surface area contributed by atoms with Gasteiger partial charge in [0.15, 0.2) is 0 Å². The van der Waals surface area contributed by atoms with Crippen LogP contribution in [0.2, 0.25) is 0 Å². The van der Waals surface area contributed by atoms with Gasteiger partial charge in [-0.25, -0.2) is 0 Å². The van der Waals surface area contributed by atoms with Crippen LogP contribution in [-0.2, 0) is 0 Å². The molecular formula is C12H22N2. The van der Waals surface area contributed by atoms with E-state index in [1.165, 1.54) is 32.1 Å². The van der Waals surface area contributed by atoms with Crippen LogP contribution in [0.1, 0.15) is 46.0 Å². The average molecular weight is 194 g/mol. The van der Waals surface area contributed by atoms with Crippen molar-refractivity contribution in [2.45, 2.75) is 52.0 Å². The molecule has 0 aromatic carbocycles. The second-order valence-electron chi connectivity index (χ2n) is 3.58. The number of nitrogens with zero attached hydrogens (tertiary/aromatic N) is 1. The Hall–Kier alpha value is -0.810. The Bertz CT molecular complexity index is 179. The third kappa shape index (κ3) is 9.28. The van der Waals surface area contributed by atoms with E-state index in [-0.39, 0.29) is 6.04 Å². The molecule has 0 rings (SSSR count). The molecule has 0 aromatic rings. The maximum Gasteiger partial charge on any atom is 0.0924 e. The molecule has 0 aliphatic carbocycles. The van der Waals surface area contributed by atoms with E-state index in [4.69, 9.17) is 5.26 Å². The summed E-state index contributed by atoms with van der Waals surface area (Å²) in [5.41, 5.74) is 0. The molecule has 0 radical (unpaired) electrons. The van der Waals surface area contributed by atoms with Gasteiger partial charge < -0.3 is 5.32 Å². The van der Waals surface area contributed by atoms with Crippen molar-refractivity contribution in [3.63, 3.8) is 0 Å². The summed E-state index contributed by atoms with van der Waals surface area (Å²) in [7, 11) is 0. The highest BCUT2D eigenvalue weighted by molar-refractivity contribution is 4.84. The fourth-order valence-corrected chi connectivity index (χ4v) is 1.27. The van der Waals surface area contributed by atoms with Crippen LogP contribution in [0.5, 0.6) is 0 Å². The van der Waals surface area contributed by atoms with Crippen LogP contribution in [0, 0.1) is 11.3 Å². The van der Waals surface area contributed by atoms with Gasteiger partial charge in [-0.05, 0) is 39.7 Å². The molecule has 1 unspecified atom stereocenters. The Morgan fingerprint density at radius 1 is 1.29 bits per heavy atom. The maximum atomic E-state index is 8.51. The van der Waals surface area contributed by atoms with Crippen LogP contribution < -0.4 is 5.32 Å². The number of hydrogen-bond donors (Lipinski definition) is 1. The van der Waals surface area contributed by atoms with E-state index < -0.39 is 0 Å². The lowest BCUT2D eigenvalue weighted by Crippen LogP contribution is -2.25. The molecule has 0 amide bonds. The first-order valence-electron chi connectivity index (χ1n) is 5.55. The Balaban J connectivity index is 3.03. The minimum atomic E-state index is -0.00183. The summed E-state index contributed by atoms with van der Waals surface area (Å²) in [6.45, 7) is 4.93. The molecule has 0 aliphatic rings. The lowest BCUT2D eigenvalue weighted by molar-refractivity contribution is 0.570. The second-order valence-corrected chi connectivity index (χ2v) is 3.58. The van der Waals surface area contributed by atoms with Gasteiger partial charge in [-0.2, -0.15) is 5.26 Å². The lowest BCUT2D eigenvalue weighted by Gasteiger charge is -2.04. The highest BCUT2D eigenvalue weighted by atomic mass is 14.9. The zero-order valence-electron chi connectivity index (χ0n) is 9.42. The van der Waals surface area contributed by atoms with Gasteiger partial charge >= 0.3 is 0 Å². The van der Waals surface area contributed by atoms with E-state index in [0.717, 1.165) is 6.54 Å². The topological polar surface area (TPSA) is 35.8 Å². The zero-order valence-corrected chi connectivity index (χ0v) is 9.42. The van der Waals surface area contributed by atoms with Crippen LogP contribution in [0.15, 0.2) is 12.2 Å². The smallest absolute Gasteiger partial charge is 0.0924 e. The third-order valence-corrected chi connectivity index (χ3v) is 2.18. The van der Waals surface area contributed by atoms with E-state index in [2.05, 4.69) is 30.5 Å². The first-order valence-corrected chi connectivity index (χ1v) is 5.55. The van der Waals surface area contributed by atoms with Crippen molar-refractivity contribution in [3.8, 4) is 6.07 Å². The van der Waals surface area contributed by atoms with Gasteiger partial charge in [-0.3, -0.25) is 0 Å². The average Bonchev–Trinajstić information content (AvgIpc) is 2.21. The highest BCUT2D eigenvalue weighted by Gasteiger charge is 1.95. The molecular weight excluding hydrogens is 172 g/mol. The molecule has 0 saturated heterocycles. The van der Waals surface area contributed by atoms with Crippen LogP contribution in [0.3, 0.4) is 0 Å². The summed E-state index contributed by atoms with van der Waals surface area (Å²) < 4.78 is 0. The number of unbranched alkanes of at least 4 members (excludes halogenated alkanes) is 4. The van der Waals surface area contributed by atoms with Crippen LogP contribution >= 0.6 is 0 Å². The largest absolute Gasteiger partial charge is 0.302 e. The van der Waals surface area contributed by atoms with Gasteiger partial charge in [0.05, 0.1) is 12.1 Å². The molecule has 0 aliphatic heterocycles. The van der Waals surface area contributed by atoms with Crippen molar-refractivity contribution in [1.29, 1.82) is 5.26 Å². The van der Waals surface area contributed by atoms with Gasteiger partial charge in [-0.15, -0.1) is 0 Å². The Kier molecular flexibility index (Phi) is 9.68. The molecule has 0 aromatic heterocycles. The van der Waals surface area contributed by atoms with Crippen molar-refractivity contribution >= 4 is 0 Å². The molecule has 1 atom stereocenters. The molecule has 0 bridgehead atoms. The second kappa shape index (κ2) is 10.3. The summed E-state index contributed by atoms with van der Waals surface area (Å²) in [5.74, 6) is 0. The van der Waals surface area contributed by atoms with Crippen molar-refractivity contribution in [1.82, 2.24) is 5.32 Å². The number of allylic oxidation sites excluding steroid dienone is 2. The molecule has 0 saturated carbocycles. The maximum absolute atomic E-state index is 8.51. The molecule has 2 heteroatoms. The van der Waals surface area contributed by atoms with Crippen LogP contribution in [0.4, 0.5) is 0 Å². The number of hydrogen-bond acceptors (Lipinski definition) is 2. The highest BCUT2D eigenvalue weighted by Crippen LogP contribution is 2.02. The first kappa shape index (κ1) is 13.2. The Morgan fingerprint density at radius 3 is 2.64 bits per heavy atom. The Labute approximate surface area is 88.0 Å². The van der Waals surface area contributed by atoms with E-state index >= 15 is 0 Å². The fraction of sp³-hybridized carbons (Fsp3) is 0.750. The van der Waals surface area contributed by atoms with Crippen molar-refractivity contribution < 1.29 is 0 Å². The minimum absolute atomic E-state index is 0.00183. The molecule has 80 valence electrons. The van der Waals surface area contributed by atoms with Gasteiger partial charge in [0.1, 0.15) is 0 Å². The number of nitrogens with one attached hydrogen (secondary N) is 1. The van der Waals surface area contributed by atoms with Crippen molar-refractivity contribution in [2.75, 3.05) is 6.54 Å². The standard InChI is InChI=1S/C12H22N2/c1-3-4-5-6-7-8-9-10-14-12(2)11-13/h3-4,12,14H,5-10H2,1-2H3/b4-3+. The minimum Gasteiger partial charge on any atom is -0.302 e. The van der Waals surface area contributed by atoms with Crippen LogP contribution in [-0.4, -0.2) is 12.6 Å². The summed E-state index contributed by atoms with van der Waals surface area (Å²) in [5, 5.41) is 11.7. The molecule has 0 spiro atoms. The third-order valence-electron chi connectivity index (χ3n) is 2.18. The molecule has 2 nitrogen and oxygen atoms in total. The first-order chi connectivity index (χ1) is 6.81.